The molecule has 27 heavy (non-hydrogen) atoms. The van der Waals surface area contributed by atoms with Crippen LogP contribution in [0, 0.1) is 0 Å². The second-order valence-corrected chi connectivity index (χ2v) is 7.06. The van der Waals surface area contributed by atoms with E-state index in [1.807, 2.05) is 49.4 Å². The number of nitrogens with one attached hydrogen (secondary N) is 1. The summed E-state index contributed by atoms with van der Waals surface area (Å²) >= 11 is 12.5. The lowest BCUT2D eigenvalue weighted by Gasteiger charge is -2.30. The second-order valence-electron chi connectivity index (χ2n) is 6.24. The third-order valence-electron chi connectivity index (χ3n) is 4.50. The number of halogens is 2. The minimum Gasteiger partial charge on any atom is -0.357 e. The quantitative estimate of drug-likeness (QED) is 0.702. The summed E-state index contributed by atoms with van der Waals surface area (Å²) in [5, 5.41) is 3.86. The monoisotopic (exact) mass is 406 g/mol. The molecule has 0 aliphatic rings. The van der Waals surface area contributed by atoms with Gasteiger partial charge in [-0.15, -0.1) is 0 Å². The Labute approximate surface area is 170 Å². The van der Waals surface area contributed by atoms with Crippen molar-refractivity contribution in [2.45, 2.75) is 38.8 Å². The predicted octanol–water partition coefficient (Wildman–Crippen LogP) is 4.48. The number of carbonyl (C=O) groups excluding carboxylic acids is 2. The zero-order valence-corrected chi connectivity index (χ0v) is 17.1. The summed E-state index contributed by atoms with van der Waals surface area (Å²) in [7, 11) is 1.58. The van der Waals surface area contributed by atoms with Crippen LogP contribution in [-0.4, -0.2) is 29.8 Å². The van der Waals surface area contributed by atoms with Gasteiger partial charge in [0, 0.05) is 30.1 Å². The molecule has 0 aromatic heterocycles. The van der Waals surface area contributed by atoms with Crippen LogP contribution in [0.15, 0.2) is 48.5 Å². The Morgan fingerprint density at radius 1 is 1.00 bits per heavy atom. The maximum atomic E-state index is 13.0. The van der Waals surface area contributed by atoms with Crippen LogP contribution in [0.2, 0.25) is 10.0 Å². The molecule has 0 spiro atoms. The maximum Gasteiger partial charge on any atom is 0.242 e. The number of carbonyl (C=O) groups is 2. The molecule has 0 saturated heterocycles. The SMILES string of the molecule is CCC(C(=O)NC)N(Cc1ccccc1Cl)C(=O)CCc1ccccc1Cl. The molecule has 4 nitrogen and oxygen atoms in total. The first-order chi connectivity index (χ1) is 13.0. The molecule has 1 atom stereocenters. The lowest BCUT2D eigenvalue weighted by molar-refractivity contribution is -0.141. The number of likely N-dealkylation sites (N-methyl/N-ethyl adjacent to an activating group) is 1. The van der Waals surface area contributed by atoms with Gasteiger partial charge in [-0.05, 0) is 36.1 Å². The van der Waals surface area contributed by atoms with Crippen molar-refractivity contribution in [2.24, 2.45) is 0 Å². The number of hydrogen-bond donors (Lipinski definition) is 1. The molecule has 6 heteroatoms. The van der Waals surface area contributed by atoms with Gasteiger partial charge in [0.05, 0.1) is 0 Å². The molecule has 0 fully saturated rings. The summed E-state index contributed by atoms with van der Waals surface area (Å²) in [5.74, 6) is -0.291. The van der Waals surface area contributed by atoms with E-state index in [2.05, 4.69) is 5.32 Å². The maximum absolute atomic E-state index is 13.0. The van der Waals surface area contributed by atoms with Crippen LogP contribution in [0.4, 0.5) is 0 Å². The highest BCUT2D eigenvalue weighted by atomic mass is 35.5. The number of rotatable bonds is 8. The summed E-state index contributed by atoms with van der Waals surface area (Å²) in [6, 6.07) is 14.3. The Kier molecular flexibility index (Phi) is 8.14. The summed E-state index contributed by atoms with van der Waals surface area (Å²) in [4.78, 5) is 27.0. The molecular weight excluding hydrogens is 383 g/mol. The summed E-state index contributed by atoms with van der Waals surface area (Å²) in [6.07, 6.45) is 1.30. The number of amides is 2. The van der Waals surface area contributed by atoms with Crippen molar-refractivity contribution in [3.05, 3.63) is 69.7 Å². The van der Waals surface area contributed by atoms with Gasteiger partial charge >= 0.3 is 0 Å². The first kappa shape index (κ1) is 21.3. The first-order valence-electron chi connectivity index (χ1n) is 8.95. The van der Waals surface area contributed by atoms with Gasteiger partial charge in [0.1, 0.15) is 6.04 Å². The number of aryl methyl sites for hydroxylation is 1. The highest BCUT2D eigenvalue weighted by Gasteiger charge is 2.28. The van der Waals surface area contributed by atoms with Gasteiger partial charge in [-0.2, -0.15) is 0 Å². The number of hydrogen-bond acceptors (Lipinski definition) is 2. The molecule has 0 saturated carbocycles. The van der Waals surface area contributed by atoms with Crippen LogP contribution in [0.5, 0.6) is 0 Å². The zero-order chi connectivity index (χ0) is 19.8. The fraction of sp³-hybridized carbons (Fsp3) is 0.333. The van der Waals surface area contributed by atoms with Crippen LogP contribution in [0.3, 0.4) is 0 Å². The third kappa shape index (κ3) is 5.72. The van der Waals surface area contributed by atoms with Gasteiger partial charge in [0.2, 0.25) is 11.8 Å². The average Bonchev–Trinajstić information content (AvgIpc) is 2.68. The average molecular weight is 407 g/mol. The lowest BCUT2D eigenvalue weighted by atomic mass is 10.1. The molecule has 2 rings (SSSR count). The minimum absolute atomic E-state index is 0.106. The predicted molar refractivity (Wildman–Crippen MR) is 110 cm³/mol. The molecule has 2 amide bonds. The first-order valence-corrected chi connectivity index (χ1v) is 9.71. The van der Waals surface area contributed by atoms with Crippen LogP contribution < -0.4 is 5.32 Å². The number of nitrogens with zero attached hydrogens (tertiary/aromatic N) is 1. The summed E-state index contributed by atoms with van der Waals surface area (Å²) in [5.41, 5.74) is 1.73. The van der Waals surface area contributed by atoms with Gasteiger partial charge < -0.3 is 10.2 Å². The Morgan fingerprint density at radius 3 is 2.07 bits per heavy atom. The van der Waals surface area contributed by atoms with Crippen LogP contribution in [0.25, 0.3) is 0 Å². The molecule has 2 aromatic rings. The van der Waals surface area contributed by atoms with Gasteiger partial charge in [0.15, 0.2) is 0 Å². The van der Waals surface area contributed by atoms with Crippen molar-refractivity contribution in [1.82, 2.24) is 10.2 Å². The highest BCUT2D eigenvalue weighted by molar-refractivity contribution is 6.31. The normalized spacial score (nSPS) is 11.7. The molecule has 1 N–H and O–H groups in total. The van der Waals surface area contributed by atoms with Gasteiger partial charge in [-0.25, -0.2) is 0 Å². The van der Waals surface area contributed by atoms with E-state index in [9.17, 15) is 9.59 Å². The third-order valence-corrected chi connectivity index (χ3v) is 5.23. The Hall–Kier alpha value is -2.04. The summed E-state index contributed by atoms with van der Waals surface area (Å²) < 4.78 is 0. The fourth-order valence-corrected chi connectivity index (χ4v) is 3.41. The van der Waals surface area contributed by atoms with E-state index >= 15 is 0 Å². The van der Waals surface area contributed by atoms with Crippen LogP contribution >= 0.6 is 23.2 Å². The molecule has 0 aliphatic heterocycles. The van der Waals surface area contributed by atoms with E-state index in [4.69, 9.17) is 23.2 Å². The Morgan fingerprint density at radius 2 is 1.56 bits per heavy atom. The van der Waals surface area contributed by atoms with Crippen LogP contribution in [-0.2, 0) is 22.6 Å². The van der Waals surface area contributed by atoms with Crippen molar-refractivity contribution in [2.75, 3.05) is 7.05 Å². The van der Waals surface area contributed by atoms with Gasteiger partial charge in [-0.1, -0.05) is 66.5 Å². The van der Waals surface area contributed by atoms with Crippen molar-refractivity contribution >= 4 is 35.0 Å². The van der Waals surface area contributed by atoms with E-state index in [1.165, 1.54) is 0 Å². The second kappa shape index (κ2) is 10.3. The van der Waals surface area contributed by atoms with Gasteiger partial charge in [-0.3, -0.25) is 9.59 Å². The smallest absolute Gasteiger partial charge is 0.242 e. The minimum atomic E-state index is -0.551. The lowest BCUT2D eigenvalue weighted by Crippen LogP contribution is -2.48. The molecule has 144 valence electrons. The van der Waals surface area contributed by atoms with E-state index in [0.717, 1.165) is 11.1 Å². The fourth-order valence-electron chi connectivity index (χ4n) is 2.98. The van der Waals surface area contributed by atoms with E-state index in [1.54, 1.807) is 18.0 Å². The zero-order valence-electron chi connectivity index (χ0n) is 15.5. The van der Waals surface area contributed by atoms with E-state index in [-0.39, 0.29) is 24.8 Å². The van der Waals surface area contributed by atoms with Gasteiger partial charge in [0.25, 0.3) is 0 Å². The standard InChI is InChI=1S/C21H24Cl2N2O2/c1-3-19(21(27)24-2)25(14-16-9-5-7-11-18(16)23)20(26)13-12-15-8-4-6-10-17(15)22/h4-11,19H,3,12-14H2,1-2H3,(H,24,27). The Bertz CT molecular complexity index is 795. The van der Waals surface area contributed by atoms with Crippen molar-refractivity contribution in [3.63, 3.8) is 0 Å². The molecule has 0 heterocycles. The topological polar surface area (TPSA) is 49.4 Å². The van der Waals surface area contributed by atoms with Crippen LogP contribution in [0.1, 0.15) is 30.9 Å². The van der Waals surface area contributed by atoms with Crippen molar-refractivity contribution < 1.29 is 9.59 Å². The van der Waals surface area contributed by atoms with E-state index < -0.39 is 6.04 Å². The largest absolute Gasteiger partial charge is 0.357 e. The molecular formula is C21H24Cl2N2O2. The van der Waals surface area contributed by atoms with Crippen molar-refractivity contribution in [1.29, 1.82) is 0 Å². The Balaban J connectivity index is 2.22. The van der Waals surface area contributed by atoms with Crippen molar-refractivity contribution in [3.8, 4) is 0 Å². The van der Waals surface area contributed by atoms with E-state index in [0.29, 0.717) is 22.9 Å². The molecule has 0 bridgehead atoms. The molecule has 1 unspecified atom stereocenters. The molecule has 0 radical (unpaired) electrons. The summed E-state index contributed by atoms with van der Waals surface area (Å²) in [6.45, 7) is 2.17. The highest BCUT2D eigenvalue weighted by Crippen LogP contribution is 2.22. The number of benzene rings is 2. The molecule has 2 aromatic carbocycles. The molecule has 0 aliphatic carbocycles.